The highest BCUT2D eigenvalue weighted by atomic mass is 35.5. The number of halogens is 1. The van der Waals surface area contributed by atoms with Crippen LogP contribution in [0.15, 0.2) is 24.0 Å². The van der Waals surface area contributed by atoms with Crippen LogP contribution < -0.4 is 5.73 Å². The second kappa shape index (κ2) is 5.66. The number of rotatable bonds is 4. The molecule has 1 rings (SSSR count). The molecule has 0 bridgehead atoms. The molecule has 1 aromatic rings. The summed E-state index contributed by atoms with van der Waals surface area (Å²) < 4.78 is 0. The van der Waals surface area contributed by atoms with E-state index >= 15 is 0 Å². The molecule has 0 amide bonds. The van der Waals surface area contributed by atoms with Gasteiger partial charge in [-0.25, -0.2) is 4.98 Å². The number of allylic oxidation sites excluding steroid dienone is 2. The molecule has 0 aliphatic rings. The SMILES string of the molecule is CC(=O)/C=C(\N)CCc1cc(Cl)ncc1C. The molecule has 4 heteroatoms. The fraction of sp³-hybridized carbons (Fsp3) is 0.333. The Morgan fingerprint density at radius 3 is 2.94 bits per heavy atom. The van der Waals surface area contributed by atoms with Gasteiger partial charge in [0.05, 0.1) is 0 Å². The molecular formula is C12H15ClN2O. The van der Waals surface area contributed by atoms with Gasteiger partial charge >= 0.3 is 0 Å². The van der Waals surface area contributed by atoms with E-state index in [0.717, 1.165) is 17.5 Å². The van der Waals surface area contributed by atoms with Crippen LogP contribution in [0, 0.1) is 6.92 Å². The van der Waals surface area contributed by atoms with Crippen molar-refractivity contribution in [3.63, 3.8) is 0 Å². The van der Waals surface area contributed by atoms with E-state index in [1.54, 1.807) is 6.20 Å². The summed E-state index contributed by atoms with van der Waals surface area (Å²) in [5, 5.41) is 0.481. The molecule has 1 aromatic heterocycles. The highest BCUT2D eigenvalue weighted by molar-refractivity contribution is 6.29. The first-order valence-electron chi connectivity index (χ1n) is 5.06. The van der Waals surface area contributed by atoms with E-state index in [-0.39, 0.29) is 5.78 Å². The van der Waals surface area contributed by atoms with Gasteiger partial charge in [-0.3, -0.25) is 4.79 Å². The van der Waals surface area contributed by atoms with Crippen LogP contribution in [0.2, 0.25) is 5.15 Å². The maximum atomic E-state index is 10.8. The summed E-state index contributed by atoms with van der Waals surface area (Å²) in [6.45, 7) is 3.46. The van der Waals surface area contributed by atoms with E-state index < -0.39 is 0 Å². The minimum Gasteiger partial charge on any atom is -0.402 e. The monoisotopic (exact) mass is 238 g/mol. The minimum absolute atomic E-state index is 0.0259. The molecule has 86 valence electrons. The molecule has 0 unspecified atom stereocenters. The summed E-state index contributed by atoms with van der Waals surface area (Å²) in [4.78, 5) is 14.8. The van der Waals surface area contributed by atoms with Gasteiger partial charge in [0.1, 0.15) is 5.15 Å². The third-order valence-electron chi connectivity index (χ3n) is 2.25. The zero-order valence-electron chi connectivity index (χ0n) is 9.46. The topological polar surface area (TPSA) is 56.0 Å². The van der Waals surface area contributed by atoms with Gasteiger partial charge in [0, 0.05) is 11.9 Å². The maximum absolute atomic E-state index is 10.8. The number of hydrogen-bond donors (Lipinski definition) is 1. The quantitative estimate of drug-likeness (QED) is 0.647. The second-order valence-corrected chi connectivity index (χ2v) is 4.15. The number of ketones is 1. The van der Waals surface area contributed by atoms with Crippen molar-refractivity contribution < 1.29 is 4.79 Å². The van der Waals surface area contributed by atoms with Crippen molar-refractivity contribution in [1.82, 2.24) is 4.98 Å². The van der Waals surface area contributed by atoms with E-state index in [2.05, 4.69) is 4.98 Å². The zero-order chi connectivity index (χ0) is 12.1. The van der Waals surface area contributed by atoms with Crippen LogP contribution in [0.3, 0.4) is 0 Å². The zero-order valence-corrected chi connectivity index (χ0v) is 10.2. The summed E-state index contributed by atoms with van der Waals surface area (Å²) in [5.74, 6) is -0.0259. The molecule has 0 saturated heterocycles. The molecule has 0 atom stereocenters. The smallest absolute Gasteiger partial charge is 0.154 e. The summed E-state index contributed by atoms with van der Waals surface area (Å²) in [6, 6.07) is 1.83. The van der Waals surface area contributed by atoms with Crippen LogP contribution in [0.1, 0.15) is 24.5 Å². The summed E-state index contributed by atoms with van der Waals surface area (Å²) in [6.07, 6.45) is 4.62. The van der Waals surface area contributed by atoms with Crippen molar-refractivity contribution in [2.75, 3.05) is 0 Å². The fourth-order valence-corrected chi connectivity index (χ4v) is 1.60. The number of pyridine rings is 1. The normalized spacial score (nSPS) is 11.6. The van der Waals surface area contributed by atoms with Crippen LogP contribution in [-0.2, 0) is 11.2 Å². The van der Waals surface area contributed by atoms with Crippen molar-refractivity contribution >= 4 is 17.4 Å². The van der Waals surface area contributed by atoms with Gasteiger partial charge in [-0.1, -0.05) is 11.6 Å². The number of carbonyl (C=O) groups excluding carboxylic acids is 1. The highest BCUT2D eigenvalue weighted by Gasteiger charge is 2.02. The van der Waals surface area contributed by atoms with Crippen molar-refractivity contribution in [2.24, 2.45) is 5.73 Å². The Balaban J connectivity index is 2.68. The largest absolute Gasteiger partial charge is 0.402 e. The minimum atomic E-state index is -0.0259. The lowest BCUT2D eigenvalue weighted by molar-refractivity contribution is -0.112. The molecule has 0 aliphatic heterocycles. The van der Waals surface area contributed by atoms with Gasteiger partial charge in [-0.15, -0.1) is 0 Å². The predicted octanol–water partition coefficient (Wildman–Crippen LogP) is 2.41. The lowest BCUT2D eigenvalue weighted by Crippen LogP contribution is -2.03. The Labute approximate surface area is 100 Å². The average molecular weight is 239 g/mol. The standard InChI is InChI=1S/C12H15ClN2O/c1-8-7-15-12(13)6-10(8)3-4-11(14)5-9(2)16/h5-7H,3-4,14H2,1-2H3/b11-5-. The van der Waals surface area contributed by atoms with Crippen molar-refractivity contribution in [3.05, 3.63) is 40.3 Å². The second-order valence-electron chi connectivity index (χ2n) is 3.76. The van der Waals surface area contributed by atoms with Gasteiger partial charge in [-0.05, 0) is 50.0 Å². The highest BCUT2D eigenvalue weighted by Crippen LogP contribution is 2.15. The third kappa shape index (κ3) is 4.03. The number of carbonyl (C=O) groups is 1. The van der Waals surface area contributed by atoms with Gasteiger partial charge in [0.25, 0.3) is 0 Å². The molecule has 1 heterocycles. The summed E-state index contributed by atoms with van der Waals surface area (Å²) in [7, 11) is 0. The van der Waals surface area contributed by atoms with Crippen molar-refractivity contribution in [3.8, 4) is 0 Å². The predicted molar refractivity (Wildman–Crippen MR) is 65.3 cm³/mol. The van der Waals surface area contributed by atoms with E-state index in [1.165, 1.54) is 13.0 Å². The first-order valence-corrected chi connectivity index (χ1v) is 5.44. The third-order valence-corrected chi connectivity index (χ3v) is 2.46. The molecule has 0 saturated carbocycles. The molecular weight excluding hydrogens is 224 g/mol. The first-order chi connectivity index (χ1) is 7.49. The van der Waals surface area contributed by atoms with Crippen LogP contribution >= 0.6 is 11.6 Å². The Bertz CT molecular complexity index is 427. The molecule has 0 spiro atoms. The van der Waals surface area contributed by atoms with Gasteiger partial charge < -0.3 is 5.73 Å². The Morgan fingerprint density at radius 2 is 2.31 bits per heavy atom. The van der Waals surface area contributed by atoms with E-state index in [0.29, 0.717) is 17.3 Å². The molecule has 3 nitrogen and oxygen atoms in total. The van der Waals surface area contributed by atoms with Crippen LogP contribution in [-0.4, -0.2) is 10.8 Å². The maximum Gasteiger partial charge on any atom is 0.154 e. The van der Waals surface area contributed by atoms with Crippen LogP contribution in [0.25, 0.3) is 0 Å². The Kier molecular flexibility index (Phi) is 4.50. The Morgan fingerprint density at radius 1 is 1.62 bits per heavy atom. The number of nitrogens with two attached hydrogens (primary N) is 1. The van der Waals surface area contributed by atoms with Crippen molar-refractivity contribution in [2.45, 2.75) is 26.7 Å². The molecule has 0 aromatic carbocycles. The van der Waals surface area contributed by atoms with Crippen molar-refractivity contribution in [1.29, 1.82) is 0 Å². The van der Waals surface area contributed by atoms with E-state index in [9.17, 15) is 4.79 Å². The van der Waals surface area contributed by atoms with Gasteiger partial charge in [0.15, 0.2) is 5.78 Å². The van der Waals surface area contributed by atoms with Crippen LogP contribution in [0.5, 0.6) is 0 Å². The fourth-order valence-electron chi connectivity index (χ4n) is 1.42. The number of hydrogen-bond acceptors (Lipinski definition) is 3. The van der Waals surface area contributed by atoms with Crippen LogP contribution in [0.4, 0.5) is 0 Å². The van der Waals surface area contributed by atoms with Gasteiger partial charge in [0.2, 0.25) is 0 Å². The molecule has 2 N–H and O–H groups in total. The summed E-state index contributed by atoms with van der Waals surface area (Å²) >= 11 is 5.81. The molecule has 0 aliphatic carbocycles. The average Bonchev–Trinajstić information content (AvgIpc) is 2.18. The van der Waals surface area contributed by atoms with E-state index in [4.69, 9.17) is 17.3 Å². The number of nitrogens with zero attached hydrogens (tertiary/aromatic N) is 1. The van der Waals surface area contributed by atoms with Gasteiger partial charge in [-0.2, -0.15) is 0 Å². The van der Waals surface area contributed by atoms with E-state index in [1.807, 2.05) is 13.0 Å². The lowest BCUT2D eigenvalue weighted by atomic mass is 10.1. The number of aryl methyl sites for hydroxylation is 2. The molecule has 16 heavy (non-hydrogen) atoms. The molecule has 0 fully saturated rings. The lowest BCUT2D eigenvalue weighted by Gasteiger charge is -2.05. The molecule has 0 radical (unpaired) electrons. The summed E-state index contributed by atoms with van der Waals surface area (Å²) in [5.41, 5.74) is 8.49. The number of aromatic nitrogens is 1. The first kappa shape index (κ1) is 12.7. The Hall–Kier alpha value is -1.35.